The number of carbonyl (C=O) groups is 1. The molecule has 23 heavy (non-hydrogen) atoms. The monoisotopic (exact) mass is 341 g/mol. The maximum Gasteiger partial charge on any atom is 0.410 e. The summed E-state index contributed by atoms with van der Waals surface area (Å²) in [7, 11) is 0. The molecule has 0 unspecified atom stereocenters. The van der Waals surface area contributed by atoms with Gasteiger partial charge in [0.05, 0.1) is 6.04 Å². The topological polar surface area (TPSA) is 64.5 Å². The van der Waals surface area contributed by atoms with E-state index in [0.29, 0.717) is 18.3 Å². The molecule has 1 aromatic rings. The van der Waals surface area contributed by atoms with Crippen LogP contribution in [-0.4, -0.2) is 45.8 Å². The zero-order chi connectivity index (χ0) is 17.0. The third kappa shape index (κ3) is 5.53. The van der Waals surface area contributed by atoms with E-state index in [1.165, 1.54) is 0 Å². The Kier molecular flexibility index (Phi) is 5.68. The van der Waals surface area contributed by atoms with E-state index in [9.17, 15) is 4.79 Å². The number of aromatic nitrogens is 2. The molecule has 0 radical (unpaired) electrons. The molecule has 7 heteroatoms. The van der Waals surface area contributed by atoms with Gasteiger partial charge in [-0.15, -0.1) is 0 Å². The Morgan fingerprint density at radius 2 is 2.13 bits per heavy atom. The predicted octanol–water partition coefficient (Wildman–Crippen LogP) is 3.61. The molecular weight excluding hydrogens is 318 g/mol. The summed E-state index contributed by atoms with van der Waals surface area (Å²) in [5.41, 5.74) is 0.236. The summed E-state index contributed by atoms with van der Waals surface area (Å²) in [4.78, 5) is 22.3. The summed E-state index contributed by atoms with van der Waals surface area (Å²) in [6.07, 6.45) is 2.61. The van der Waals surface area contributed by atoms with Crippen LogP contribution in [0.15, 0.2) is 6.07 Å². The highest BCUT2D eigenvalue weighted by Crippen LogP contribution is 2.21. The summed E-state index contributed by atoms with van der Waals surface area (Å²) in [6.45, 7) is 8.43. The second kappa shape index (κ2) is 7.34. The maximum absolute atomic E-state index is 12.3. The molecule has 1 aliphatic rings. The highest BCUT2D eigenvalue weighted by molar-refractivity contribution is 6.29. The molecule has 2 rings (SSSR count). The van der Waals surface area contributed by atoms with E-state index in [4.69, 9.17) is 21.1 Å². The molecule has 1 saturated heterocycles. The van der Waals surface area contributed by atoms with Crippen LogP contribution in [0.5, 0.6) is 6.01 Å². The van der Waals surface area contributed by atoms with Crippen molar-refractivity contribution in [2.75, 3.05) is 13.2 Å². The number of ether oxygens (including phenoxy) is 2. The maximum atomic E-state index is 12.3. The number of rotatable bonds is 3. The van der Waals surface area contributed by atoms with Gasteiger partial charge in [0.2, 0.25) is 0 Å². The third-order valence-electron chi connectivity index (χ3n) is 3.46. The number of aryl methyl sites for hydroxylation is 1. The van der Waals surface area contributed by atoms with Crippen LogP contribution in [0, 0.1) is 6.92 Å². The quantitative estimate of drug-likeness (QED) is 0.786. The van der Waals surface area contributed by atoms with E-state index in [1.54, 1.807) is 11.0 Å². The Hall–Kier alpha value is -1.56. The lowest BCUT2D eigenvalue weighted by atomic mass is 10.0. The Labute approximate surface area is 142 Å². The fourth-order valence-corrected chi connectivity index (χ4v) is 2.70. The standard InChI is InChI=1S/C16H24ClN3O3/c1-11-9-13(17)19-14(18-11)22-10-12-7-5-6-8-20(12)15(21)23-16(2,3)4/h9,12H,5-8,10H2,1-4H3/t12-/m0/s1. The molecule has 1 atom stereocenters. The van der Waals surface area contributed by atoms with E-state index in [-0.39, 0.29) is 18.1 Å². The van der Waals surface area contributed by atoms with Crippen LogP contribution in [0.2, 0.25) is 5.15 Å². The molecule has 0 bridgehead atoms. The van der Waals surface area contributed by atoms with Crippen LogP contribution in [-0.2, 0) is 4.74 Å². The van der Waals surface area contributed by atoms with Gasteiger partial charge in [-0.05, 0) is 53.0 Å². The van der Waals surface area contributed by atoms with Gasteiger partial charge in [-0.2, -0.15) is 4.98 Å². The van der Waals surface area contributed by atoms with Gasteiger partial charge in [-0.3, -0.25) is 0 Å². The van der Waals surface area contributed by atoms with Gasteiger partial charge in [-0.1, -0.05) is 11.6 Å². The minimum Gasteiger partial charge on any atom is -0.461 e. The average Bonchev–Trinajstić information content (AvgIpc) is 2.42. The molecule has 128 valence electrons. The lowest BCUT2D eigenvalue weighted by molar-refractivity contribution is 0.00304. The van der Waals surface area contributed by atoms with Gasteiger partial charge < -0.3 is 14.4 Å². The minimum absolute atomic E-state index is 0.0403. The van der Waals surface area contributed by atoms with E-state index < -0.39 is 5.60 Å². The first kappa shape index (κ1) is 17.8. The highest BCUT2D eigenvalue weighted by Gasteiger charge is 2.31. The average molecular weight is 342 g/mol. The van der Waals surface area contributed by atoms with Crippen molar-refractivity contribution in [1.82, 2.24) is 14.9 Å². The summed E-state index contributed by atoms with van der Waals surface area (Å²) in [5.74, 6) is 0. The number of carbonyl (C=O) groups excluding carboxylic acids is 1. The van der Waals surface area contributed by atoms with Crippen molar-refractivity contribution in [3.05, 3.63) is 16.9 Å². The first-order valence-corrected chi connectivity index (χ1v) is 8.26. The molecule has 1 amide bonds. The van der Waals surface area contributed by atoms with Gasteiger partial charge in [0.15, 0.2) is 0 Å². The highest BCUT2D eigenvalue weighted by atomic mass is 35.5. The zero-order valence-electron chi connectivity index (χ0n) is 14.1. The Balaban J connectivity index is 1.99. The van der Waals surface area contributed by atoms with Crippen LogP contribution in [0.4, 0.5) is 4.79 Å². The molecule has 0 aliphatic carbocycles. The SMILES string of the molecule is Cc1cc(Cl)nc(OC[C@@H]2CCCCN2C(=O)OC(C)(C)C)n1. The van der Waals surface area contributed by atoms with Gasteiger partial charge in [-0.25, -0.2) is 9.78 Å². The molecule has 1 aliphatic heterocycles. The van der Waals surface area contributed by atoms with Crippen molar-refractivity contribution in [3.8, 4) is 6.01 Å². The summed E-state index contributed by atoms with van der Waals surface area (Å²) in [5, 5.41) is 0.347. The van der Waals surface area contributed by atoms with E-state index in [0.717, 1.165) is 25.0 Å². The van der Waals surface area contributed by atoms with Crippen LogP contribution in [0.25, 0.3) is 0 Å². The number of piperidine rings is 1. The predicted molar refractivity (Wildman–Crippen MR) is 87.9 cm³/mol. The molecule has 6 nitrogen and oxygen atoms in total. The van der Waals surface area contributed by atoms with Gasteiger partial charge in [0.25, 0.3) is 0 Å². The number of nitrogens with zero attached hydrogens (tertiary/aromatic N) is 3. The minimum atomic E-state index is -0.507. The van der Waals surface area contributed by atoms with Crippen LogP contribution < -0.4 is 4.74 Å². The van der Waals surface area contributed by atoms with Crippen LogP contribution in [0.3, 0.4) is 0 Å². The van der Waals surface area contributed by atoms with Crippen molar-refractivity contribution < 1.29 is 14.3 Å². The Bertz CT molecular complexity index is 540. The molecule has 0 spiro atoms. The fourth-order valence-electron chi connectivity index (χ4n) is 2.47. The fraction of sp³-hybridized carbons (Fsp3) is 0.688. The van der Waals surface area contributed by atoms with E-state index in [2.05, 4.69) is 9.97 Å². The first-order valence-electron chi connectivity index (χ1n) is 7.88. The number of hydrogen-bond donors (Lipinski definition) is 0. The molecule has 2 heterocycles. The Morgan fingerprint density at radius 1 is 1.39 bits per heavy atom. The lowest BCUT2D eigenvalue weighted by Gasteiger charge is -2.36. The van der Waals surface area contributed by atoms with Crippen molar-refractivity contribution >= 4 is 17.7 Å². The van der Waals surface area contributed by atoms with Gasteiger partial charge in [0.1, 0.15) is 17.4 Å². The second-order valence-corrected chi connectivity index (χ2v) is 7.14. The van der Waals surface area contributed by atoms with Gasteiger partial charge >= 0.3 is 12.1 Å². The smallest absolute Gasteiger partial charge is 0.410 e. The molecule has 0 aromatic carbocycles. The molecular formula is C16H24ClN3O3. The number of hydrogen-bond acceptors (Lipinski definition) is 5. The lowest BCUT2D eigenvalue weighted by Crippen LogP contribution is -2.48. The van der Waals surface area contributed by atoms with Crippen molar-refractivity contribution in [2.45, 2.75) is 58.6 Å². The first-order chi connectivity index (χ1) is 10.7. The van der Waals surface area contributed by atoms with Crippen molar-refractivity contribution in [3.63, 3.8) is 0 Å². The van der Waals surface area contributed by atoms with Crippen LogP contribution in [0.1, 0.15) is 45.7 Å². The molecule has 0 N–H and O–H groups in total. The van der Waals surface area contributed by atoms with Crippen molar-refractivity contribution in [2.24, 2.45) is 0 Å². The number of halogens is 1. The van der Waals surface area contributed by atoms with Crippen molar-refractivity contribution in [1.29, 1.82) is 0 Å². The summed E-state index contributed by atoms with van der Waals surface area (Å²) in [6, 6.07) is 1.87. The molecule has 1 fully saturated rings. The number of amides is 1. The molecule has 0 saturated carbocycles. The molecule has 1 aromatic heterocycles. The second-order valence-electron chi connectivity index (χ2n) is 6.75. The Morgan fingerprint density at radius 3 is 2.78 bits per heavy atom. The largest absolute Gasteiger partial charge is 0.461 e. The zero-order valence-corrected chi connectivity index (χ0v) is 14.9. The van der Waals surface area contributed by atoms with E-state index in [1.807, 2.05) is 27.7 Å². The number of likely N-dealkylation sites (tertiary alicyclic amines) is 1. The summed E-state index contributed by atoms with van der Waals surface area (Å²) < 4.78 is 11.1. The normalized spacial score (nSPS) is 18.7. The van der Waals surface area contributed by atoms with Gasteiger partial charge in [0, 0.05) is 12.2 Å². The third-order valence-corrected chi connectivity index (χ3v) is 3.66. The van der Waals surface area contributed by atoms with Crippen LogP contribution >= 0.6 is 11.6 Å². The van der Waals surface area contributed by atoms with E-state index >= 15 is 0 Å². The summed E-state index contributed by atoms with van der Waals surface area (Å²) >= 11 is 5.91.